The number of nitrogens with one attached hydrogen (secondary N) is 1. The van der Waals surface area contributed by atoms with Gasteiger partial charge in [-0.25, -0.2) is 9.69 Å². The molecule has 0 spiro atoms. The number of allylic oxidation sites excluding steroid dienone is 2. The van der Waals surface area contributed by atoms with Crippen LogP contribution in [0.4, 0.5) is 10.5 Å². The molecule has 1 aliphatic heterocycles. The van der Waals surface area contributed by atoms with Crippen LogP contribution in [-0.2, 0) is 17.9 Å². The van der Waals surface area contributed by atoms with Gasteiger partial charge in [0.15, 0.2) is 0 Å². The Morgan fingerprint density at radius 1 is 1.17 bits per heavy atom. The third-order valence-corrected chi connectivity index (χ3v) is 5.76. The molecule has 158 valence electrons. The smallest absolute Gasteiger partial charge is 0.305 e. The van der Waals surface area contributed by atoms with Crippen molar-refractivity contribution in [2.75, 3.05) is 4.90 Å². The third-order valence-electron chi connectivity index (χ3n) is 5.41. The molecule has 1 aromatic heterocycles. The highest BCUT2D eigenvalue weighted by atomic mass is 31.0. The molecule has 0 aliphatic carbocycles. The van der Waals surface area contributed by atoms with Gasteiger partial charge in [0.25, 0.3) is 5.91 Å². The quantitative estimate of drug-likeness (QED) is 0.429. The predicted octanol–water partition coefficient (Wildman–Crippen LogP) is 4.13. The minimum atomic E-state index is -0.961. The molecule has 0 radical (unpaired) electrons. The minimum Gasteiger partial charge on any atom is -0.305 e. The summed E-state index contributed by atoms with van der Waals surface area (Å²) in [5.41, 5.74) is 2.89. The number of benzene rings is 1. The molecular weight excluding hydrogens is 397 g/mol. The number of hydrogen-bond donors (Lipinski definition) is 1. The number of nitrogens with zero attached hydrogens (tertiary/aromatic N) is 4. The van der Waals surface area contributed by atoms with Gasteiger partial charge in [-0.15, -0.1) is 9.24 Å². The van der Waals surface area contributed by atoms with Gasteiger partial charge in [-0.3, -0.25) is 9.48 Å². The normalized spacial score (nSPS) is 16.9. The molecule has 1 N–H and O–H groups in total. The van der Waals surface area contributed by atoms with Crippen LogP contribution in [0.5, 0.6) is 0 Å². The number of urea groups is 1. The molecule has 1 aromatic carbocycles. The Morgan fingerprint density at radius 2 is 1.80 bits per heavy atom. The average molecular weight is 425 g/mol. The van der Waals surface area contributed by atoms with Crippen molar-refractivity contribution in [1.82, 2.24) is 14.7 Å². The van der Waals surface area contributed by atoms with Crippen LogP contribution in [0.25, 0.3) is 0 Å². The molecule has 30 heavy (non-hydrogen) atoms. The van der Waals surface area contributed by atoms with Crippen molar-refractivity contribution in [3.63, 3.8) is 0 Å². The summed E-state index contributed by atoms with van der Waals surface area (Å²) in [4.78, 5) is 29.1. The Morgan fingerprint density at radius 3 is 2.37 bits per heavy atom. The summed E-state index contributed by atoms with van der Waals surface area (Å²) in [6.07, 6.45) is 3.20. The van der Waals surface area contributed by atoms with Gasteiger partial charge in [-0.2, -0.15) is 5.10 Å². The largest absolute Gasteiger partial charge is 0.332 e. The van der Waals surface area contributed by atoms with Crippen molar-refractivity contribution in [1.29, 1.82) is 5.41 Å². The maximum absolute atomic E-state index is 13.2. The minimum absolute atomic E-state index is 0.277. The monoisotopic (exact) mass is 425 g/mol. The van der Waals surface area contributed by atoms with E-state index >= 15 is 0 Å². The SMILES string of the molecule is CC(=N)/C(Cn1cc(N2C(=O)N(Cc3ccc(C)cc3)C(C)(C)C2=O)cn1)=C(/C)P. The van der Waals surface area contributed by atoms with E-state index < -0.39 is 5.54 Å². The first-order chi connectivity index (χ1) is 14.0. The number of aromatic nitrogens is 2. The molecule has 2 heterocycles. The number of carbonyl (C=O) groups excluding carboxylic acids is 2. The van der Waals surface area contributed by atoms with Gasteiger partial charge in [0.05, 0.1) is 18.4 Å². The Balaban J connectivity index is 1.86. The lowest BCUT2D eigenvalue weighted by molar-refractivity contribution is -0.123. The summed E-state index contributed by atoms with van der Waals surface area (Å²) in [6, 6.07) is 7.59. The highest BCUT2D eigenvalue weighted by Crippen LogP contribution is 2.33. The van der Waals surface area contributed by atoms with Crippen molar-refractivity contribution in [3.8, 4) is 0 Å². The van der Waals surface area contributed by atoms with Gasteiger partial charge in [-0.05, 0) is 51.1 Å². The molecular formula is C22H28N5O2P. The van der Waals surface area contributed by atoms with Crippen LogP contribution in [0.15, 0.2) is 47.5 Å². The number of aryl methyl sites for hydroxylation is 1. The number of carbonyl (C=O) groups is 2. The summed E-state index contributed by atoms with van der Waals surface area (Å²) in [5, 5.41) is 13.2. The van der Waals surface area contributed by atoms with E-state index in [-0.39, 0.29) is 11.9 Å². The van der Waals surface area contributed by atoms with E-state index in [0.29, 0.717) is 24.5 Å². The summed E-state index contributed by atoms with van der Waals surface area (Å²) in [5.74, 6) is -0.277. The topological polar surface area (TPSA) is 82.3 Å². The fraction of sp³-hybridized carbons (Fsp3) is 0.364. The number of rotatable bonds is 6. The van der Waals surface area contributed by atoms with Crippen molar-refractivity contribution < 1.29 is 9.59 Å². The first-order valence-electron chi connectivity index (χ1n) is 9.77. The fourth-order valence-corrected chi connectivity index (χ4v) is 3.77. The van der Waals surface area contributed by atoms with Gasteiger partial charge in [-0.1, -0.05) is 29.8 Å². The van der Waals surface area contributed by atoms with Gasteiger partial charge >= 0.3 is 6.03 Å². The Bertz CT molecular complexity index is 1030. The number of amides is 3. The lowest BCUT2D eigenvalue weighted by atomic mass is 10.0. The average Bonchev–Trinajstić information content (AvgIpc) is 3.18. The summed E-state index contributed by atoms with van der Waals surface area (Å²) < 4.78 is 1.65. The fourth-order valence-electron chi connectivity index (χ4n) is 3.46. The van der Waals surface area contributed by atoms with E-state index in [1.165, 1.54) is 11.1 Å². The zero-order chi connectivity index (χ0) is 22.2. The van der Waals surface area contributed by atoms with E-state index in [1.807, 2.05) is 38.1 Å². The van der Waals surface area contributed by atoms with Crippen LogP contribution >= 0.6 is 9.24 Å². The zero-order valence-corrected chi connectivity index (χ0v) is 19.2. The van der Waals surface area contributed by atoms with E-state index in [9.17, 15) is 9.59 Å². The molecule has 1 atom stereocenters. The van der Waals surface area contributed by atoms with Crippen LogP contribution in [0, 0.1) is 12.3 Å². The highest BCUT2D eigenvalue weighted by molar-refractivity contribution is 7.22. The summed E-state index contributed by atoms with van der Waals surface area (Å²) in [6.45, 7) is 9.95. The maximum atomic E-state index is 13.2. The van der Waals surface area contributed by atoms with Crippen molar-refractivity contribution in [2.45, 2.75) is 53.2 Å². The predicted molar refractivity (Wildman–Crippen MR) is 122 cm³/mol. The first-order valence-corrected chi connectivity index (χ1v) is 10.3. The van der Waals surface area contributed by atoms with E-state index in [4.69, 9.17) is 5.41 Å². The molecule has 3 rings (SSSR count). The summed E-state index contributed by atoms with van der Waals surface area (Å²) >= 11 is 0. The highest BCUT2D eigenvalue weighted by Gasteiger charge is 2.52. The molecule has 1 saturated heterocycles. The van der Waals surface area contributed by atoms with Crippen LogP contribution < -0.4 is 4.90 Å². The van der Waals surface area contributed by atoms with Crippen molar-refractivity contribution >= 4 is 32.6 Å². The van der Waals surface area contributed by atoms with Crippen molar-refractivity contribution in [3.05, 3.63) is 58.7 Å². The number of imide groups is 1. The Hall–Kier alpha value is -2.79. The van der Waals surface area contributed by atoms with Crippen molar-refractivity contribution in [2.24, 2.45) is 0 Å². The second-order valence-corrected chi connectivity index (χ2v) is 9.10. The summed E-state index contributed by atoms with van der Waals surface area (Å²) in [7, 11) is 2.61. The molecule has 1 unspecified atom stereocenters. The molecule has 2 aromatic rings. The lowest BCUT2D eigenvalue weighted by Gasteiger charge is -2.27. The second-order valence-electron chi connectivity index (χ2n) is 8.24. The molecule has 3 amide bonds. The van der Waals surface area contributed by atoms with Crippen LogP contribution in [0.3, 0.4) is 0 Å². The molecule has 0 saturated carbocycles. The van der Waals surface area contributed by atoms with Crippen LogP contribution in [0.2, 0.25) is 0 Å². The zero-order valence-electron chi connectivity index (χ0n) is 18.1. The van der Waals surface area contributed by atoms with E-state index in [0.717, 1.165) is 22.0 Å². The first kappa shape index (κ1) is 21.9. The Labute approximate surface area is 179 Å². The standard InChI is InChI=1S/C22H28N5O2P/c1-14-6-8-17(9-7-14)11-26-21(29)27(20(28)22(26,4)5)18-10-24-25(12-18)13-19(15(2)23)16(3)30/h6-10,12,23H,11,13,30H2,1-5H3/b19-16-,23-15?. The van der Waals surface area contributed by atoms with E-state index in [1.54, 1.807) is 36.5 Å². The number of anilines is 1. The molecule has 1 aliphatic rings. The van der Waals surface area contributed by atoms with Gasteiger partial charge in [0.2, 0.25) is 0 Å². The van der Waals surface area contributed by atoms with Gasteiger partial charge in [0, 0.05) is 18.5 Å². The molecule has 7 nitrogen and oxygen atoms in total. The van der Waals surface area contributed by atoms with Crippen LogP contribution in [0.1, 0.15) is 38.8 Å². The maximum Gasteiger partial charge on any atom is 0.332 e. The molecule has 0 bridgehead atoms. The van der Waals surface area contributed by atoms with Gasteiger partial charge < -0.3 is 10.3 Å². The molecule has 1 fully saturated rings. The lowest BCUT2D eigenvalue weighted by Crippen LogP contribution is -2.43. The van der Waals surface area contributed by atoms with Crippen LogP contribution in [-0.4, -0.2) is 37.9 Å². The molecule has 8 heteroatoms. The van der Waals surface area contributed by atoms with Gasteiger partial charge in [0.1, 0.15) is 5.54 Å². The second kappa shape index (κ2) is 8.15. The number of hydrogen-bond acceptors (Lipinski definition) is 4. The third kappa shape index (κ3) is 4.08. The Kier molecular flexibility index (Phi) is 5.95. The van der Waals surface area contributed by atoms with E-state index in [2.05, 4.69) is 14.3 Å².